The molecule has 0 aliphatic heterocycles. The van der Waals surface area contributed by atoms with Gasteiger partial charge in [0.25, 0.3) is 0 Å². The number of anilines is 1. The lowest BCUT2D eigenvalue weighted by Gasteiger charge is -2.11. The molecular weight excluding hydrogens is 370 g/mol. The normalized spacial score (nSPS) is 10.7. The average molecular weight is 388 g/mol. The molecule has 0 radical (unpaired) electrons. The summed E-state index contributed by atoms with van der Waals surface area (Å²) in [5.74, 6) is 6.64. The number of carbonyl (C=O) groups excluding carboxylic acids is 1. The lowest BCUT2D eigenvalue weighted by atomic mass is 10.1. The minimum Gasteiger partial charge on any atom is -0.335 e. The Morgan fingerprint density at radius 2 is 1.81 bits per heavy atom. The number of nitrogens with zero attached hydrogens (tertiary/aromatic N) is 3. The fourth-order valence-corrected chi connectivity index (χ4v) is 3.27. The van der Waals surface area contributed by atoms with Gasteiger partial charge >= 0.3 is 0 Å². The number of para-hydroxylation sites is 1. The van der Waals surface area contributed by atoms with E-state index in [0.717, 1.165) is 22.4 Å². The maximum absolute atomic E-state index is 12.3. The molecule has 0 aliphatic carbocycles. The Hall–Kier alpha value is -2.51. The molecule has 0 bridgehead atoms. The lowest BCUT2D eigenvalue weighted by molar-refractivity contribution is -0.113. The van der Waals surface area contributed by atoms with Gasteiger partial charge < -0.3 is 11.2 Å². The Kier molecular flexibility index (Phi) is 5.49. The number of amides is 1. The minimum atomic E-state index is -0.122. The highest BCUT2D eigenvalue weighted by Gasteiger charge is 2.14. The molecule has 134 valence electrons. The molecule has 26 heavy (non-hydrogen) atoms. The van der Waals surface area contributed by atoms with E-state index in [0.29, 0.717) is 16.0 Å². The molecule has 2 aromatic carbocycles. The van der Waals surface area contributed by atoms with Crippen molar-refractivity contribution in [1.29, 1.82) is 0 Å². The van der Waals surface area contributed by atoms with Crippen molar-refractivity contribution in [3.63, 3.8) is 0 Å². The van der Waals surface area contributed by atoms with E-state index in [4.69, 9.17) is 17.4 Å². The molecule has 0 saturated carbocycles. The molecule has 3 N–H and O–H groups in total. The standard InChI is InChI=1S/C18H18ClN5OS/c1-11-4-3-5-12(2)16(11)21-15(25)10-26-18-23-22-17(24(18)20)13-6-8-14(19)9-7-13/h3-9H,10,20H2,1-2H3,(H,21,25). The van der Waals surface area contributed by atoms with Gasteiger partial charge in [0, 0.05) is 16.3 Å². The number of carbonyl (C=O) groups is 1. The Morgan fingerprint density at radius 3 is 2.46 bits per heavy atom. The second kappa shape index (κ2) is 7.80. The number of benzene rings is 2. The molecule has 0 aliphatic rings. The van der Waals surface area contributed by atoms with E-state index in [9.17, 15) is 4.79 Å². The van der Waals surface area contributed by atoms with Crippen LogP contribution in [0.25, 0.3) is 11.4 Å². The van der Waals surface area contributed by atoms with Gasteiger partial charge in [-0.15, -0.1) is 10.2 Å². The Bertz CT molecular complexity index is 919. The summed E-state index contributed by atoms with van der Waals surface area (Å²) < 4.78 is 1.38. The fraction of sp³-hybridized carbons (Fsp3) is 0.167. The highest BCUT2D eigenvalue weighted by molar-refractivity contribution is 7.99. The smallest absolute Gasteiger partial charge is 0.234 e. The van der Waals surface area contributed by atoms with Gasteiger partial charge in [0.1, 0.15) is 0 Å². The Morgan fingerprint density at radius 1 is 1.15 bits per heavy atom. The molecule has 0 fully saturated rings. The molecular formula is C18H18ClN5OS. The predicted molar refractivity (Wildman–Crippen MR) is 106 cm³/mol. The zero-order chi connectivity index (χ0) is 18.7. The van der Waals surface area contributed by atoms with Crippen molar-refractivity contribution in [2.24, 2.45) is 0 Å². The third-order valence-electron chi connectivity index (χ3n) is 3.84. The fourth-order valence-electron chi connectivity index (χ4n) is 2.49. The summed E-state index contributed by atoms with van der Waals surface area (Å²) in [6.07, 6.45) is 0. The summed E-state index contributed by atoms with van der Waals surface area (Å²) in [5.41, 5.74) is 3.69. The molecule has 1 amide bonds. The van der Waals surface area contributed by atoms with Crippen molar-refractivity contribution in [2.75, 3.05) is 16.9 Å². The summed E-state index contributed by atoms with van der Waals surface area (Å²) in [6, 6.07) is 13.0. The number of rotatable bonds is 5. The zero-order valence-electron chi connectivity index (χ0n) is 14.4. The topological polar surface area (TPSA) is 85.8 Å². The van der Waals surface area contributed by atoms with Crippen LogP contribution in [0.15, 0.2) is 47.6 Å². The van der Waals surface area contributed by atoms with E-state index in [-0.39, 0.29) is 11.7 Å². The van der Waals surface area contributed by atoms with Crippen molar-refractivity contribution in [1.82, 2.24) is 14.9 Å². The van der Waals surface area contributed by atoms with E-state index in [1.54, 1.807) is 12.1 Å². The quantitative estimate of drug-likeness (QED) is 0.515. The van der Waals surface area contributed by atoms with Gasteiger partial charge in [-0.1, -0.05) is 41.6 Å². The van der Waals surface area contributed by atoms with E-state index >= 15 is 0 Å². The molecule has 1 heterocycles. The number of aromatic nitrogens is 3. The molecule has 8 heteroatoms. The number of nitrogen functional groups attached to an aromatic ring is 1. The Balaban J connectivity index is 1.67. The molecule has 3 aromatic rings. The largest absolute Gasteiger partial charge is 0.335 e. The van der Waals surface area contributed by atoms with E-state index in [1.807, 2.05) is 44.2 Å². The highest BCUT2D eigenvalue weighted by Crippen LogP contribution is 2.24. The van der Waals surface area contributed by atoms with Crippen molar-refractivity contribution >= 4 is 35.0 Å². The van der Waals surface area contributed by atoms with Gasteiger partial charge in [-0.25, -0.2) is 4.68 Å². The average Bonchev–Trinajstić information content (AvgIpc) is 2.98. The molecule has 0 unspecified atom stereocenters. The summed E-state index contributed by atoms with van der Waals surface area (Å²) in [7, 11) is 0. The number of hydrogen-bond donors (Lipinski definition) is 2. The first-order valence-electron chi connectivity index (χ1n) is 7.91. The highest BCUT2D eigenvalue weighted by atomic mass is 35.5. The summed E-state index contributed by atoms with van der Waals surface area (Å²) in [5, 5.41) is 12.2. The van der Waals surface area contributed by atoms with Crippen LogP contribution in [0.1, 0.15) is 11.1 Å². The van der Waals surface area contributed by atoms with Crippen LogP contribution < -0.4 is 11.2 Å². The number of thioether (sulfide) groups is 1. The lowest BCUT2D eigenvalue weighted by Crippen LogP contribution is -2.17. The van der Waals surface area contributed by atoms with Crippen LogP contribution in [0, 0.1) is 13.8 Å². The van der Waals surface area contributed by atoms with Crippen LogP contribution >= 0.6 is 23.4 Å². The van der Waals surface area contributed by atoms with Gasteiger partial charge in [0.05, 0.1) is 5.75 Å². The van der Waals surface area contributed by atoms with Crippen LogP contribution in [0.5, 0.6) is 0 Å². The van der Waals surface area contributed by atoms with Crippen LogP contribution in [0.2, 0.25) is 5.02 Å². The summed E-state index contributed by atoms with van der Waals surface area (Å²) in [4.78, 5) is 12.3. The first-order valence-corrected chi connectivity index (χ1v) is 9.27. The first kappa shape index (κ1) is 18.3. The second-order valence-corrected chi connectivity index (χ2v) is 7.17. The molecule has 6 nitrogen and oxygen atoms in total. The van der Waals surface area contributed by atoms with Gasteiger partial charge in [-0.3, -0.25) is 4.79 Å². The zero-order valence-corrected chi connectivity index (χ0v) is 15.9. The maximum Gasteiger partial charge on any atom is 0.234 e. The number of halogens is 1. The van der Waals surface area contributed by atoms with Crippen LogP contribution in [-0.4, -0.2) is 26.5 Å². The SMILES string of the molecule is Cc1cccc(C)c1NC(=O)CSc1nnc(-c2ccc(Cl)cc2)n1N. The van der Waals surface area contributed by atoms with E-state index in [2.05, 4.69) is 15.5 Å². The third kappa shape index (κ3) is 4.00. The number of aryl methyl sites for hydroxylation is 2. The van der Waals surface area contributed by atoms with Gasteiger partial charge in [0.15, 0.2) is 5.82 Å². The van der Waals surface area contributed by atoms with E-state index < -0.39 is 0 Å². The minimum absolute atomic E-state index is 0.122. The predicted octanol–water partition coefficient (Wildman–Crippen LogP) is 3.66. The van der Waals surface area contributed by atoms with Crippen LogP contribution in [-0.2, 0) is 4.79 Å². The van der Waals surface area contributed by atoms with Gasteiger partial charge in [0.2, 0.25) is 11.1 Å². The van der Waals surface area contributed by atoms with E-state index in [1.165, 1.54) is 16.4 Å². The molecule has 3 rings (SSSR count). The number of nitrogens with two attached hydrogens (primary N) is 1. The molecule has 0 saturated heterocycles. The van der Waals surface area contributed by atoms with Crippen molar-refractivity contribution < 1.29 is 4.79 Å². The molecule has 0 atom stereocenters. The third-order valence-corrected chi connectivity index (χ3v) is 5.04. The van der Waals surface area contributed by atoms with Crippen molar-refractivity contribution in [2.45, 2.75) is 19.0 Å². The summed E-state index contributed by atoms with van der Waals surface area (Å²) >= 11 is 7.13. The molecule has 0 spiro atoms. The van der Waals surface area contributed by atoms with Crippen LogP contribution in [0.3, 0.4) is 0 Å². The number of nitrogens with one attached hydrogen (secondary N) is 1. The van der Waals surface area contributed by atoms with Gasteiger partial charge in [-0.05, 0) is 49.2 Å². The summed E-state index contributed by atoms with van der Waals surface area (Å²) in [6.45, 7) is 3.93. The first-order chi connectivity index (χ1) is 12.5. The van der Waals surface area contributed by atoms with Crippen molar-refractivity contribution in [3.05, 3.63) is 58.6 Å². The van der Waals surface area contributed by atoms with Crippen LogP contribution in [0.4, 0.5) is 5.69 Å². The van der Waals surface area contributed by atoms with Crippen molar-refractivity contribution in [3.8, 4) is 11.4 Å². The maximum atomic E-state index is 12.3. The van der Waals surface area contributed by atoms with Gasteiger partial charge in [-0.2, -0.15) is 0 Å². The monoisotopic (exact) mass is 387 g/mol. The second-order valence-electron chi connectivity index (χ2n) is 5.79. The number of hydrogen-bond acceptors (Lipinski definition) is 5. The Labute approximate surface area is 160 Å². The molecule has 1 aromatic heterocycles.